The Kier molecular flexibility index (Phi) is 7.12. The smallest absolute Gasteiger partial charge is 0.339 e. The average molecular weight is 619 g/mol. The summed E-state index contributed by atoms with van der Waals surface area (Å²) >= 11 is 0. The van der Waals surface area contributed by atoms with E-state index in [0.29, 0.717) is 19.3 Å². The van der Waals surface area contributed by atoms with E-state index in [1.165, 1.54) is 17.7 Å². The highest BCUT2D eigenvalue weighted by atomic mass is 16.5. The molecule has 0 aliphatic heterocycles. The summed E-state index contributed by atoms with van der Waals surface area (Å²) in [6, 6.07) is 6.17. The predicted octanol–water partition coefficient (Wildman–Crippen LogP) is 7.98. The van der Waals surface area contributed by atoms with E-state index in [1.54, 1.807) is 12.1 Å². The number of ether oxygens (including phenoxy) is 1. The number of carboxylic acid groups (broad SMARTS) is 2. The first-order valence-corrected chi connectivity index (χ1v) is 16.9. The lowest BCUT2D eigenvalue weighted by molar-refractivity contribution is -0.202. The largest absolute Gasteiger partial charge is 0.481 e. The molecule has 2 N–H and O–H groups in total. The SMILES string of the molecule is CC1(C)C2CC[C@]3(C)[C@H](C(=O)C=C4[C@H]5C[C@@](C)(C(=O)O)CC[C@]5(C)CC[C@]43C)[C@@]2(C)CC[C@@H]1OC(=O)c1ccccc1C(=O)O. The normalized spacial score (nSPS) is 43.4. The van der Waals surface area contributed by atoms with Crippen molar-refractivity contribution in [2.24, 2.45) is 50.2 Å². The monoisotopic (exact) mass is 618 g/mol. The van der Waals surface area contributed by atoms with Crippen LogP contribution in [0.15, 0.2) is 35.9 Å². The average Bonchev–Trinajstić information content (AvgIpc) is 2.96. The molecular formula is C38H50O7. The molecule has 1 unspecified atom stereocenters. The zero-order chi connectivity index (χ0) is 33.0. The van der Waals surface area contributed by atoms with Crippen LogP contribution in [0.25, 0.3) is 0 Å². The van der Waals surface area contributed by atoms with E-state index < -0.39 is 34.8 Å². The van der Waals surface area contributed by atoms with Crippen LogP contribution in [0, 0.1) is 50.2 Å². The van der Waals surface area contributed by atoms with Crippen LogP contribution in [0.3, 0.4) is 0 Å². The molecule has 5 aliphatic rings. The van der Waals surface area contributed by atoms with E-state index in [9.17, 15) is 29.4 Å². The zero-order valence-electron chi connectivity index (χ0n) is 28.0. The van der Waals surface area contributed by atoms with E-state index in [0.717, 1.165) is 38.5 Å². The van der Waals surface area contributed by atoms with Gasteiger partial charge in [0.2, 0.25) is 0 Å². The summed E-state index contributed by atoms with van der Waals surface area (Å²) in [6.45, 7) is 15.5. The van der Waals surface area contributed by atoms with Crippen LogP contribution in [0.4, 0.5) is 0 Å². The van der Waals surface area contributed by atoms with Gasteiger partial charge in [-0.05, 0) is 116 Å². The molecule has 0 aromatic heterocycles. The maximum atomic E-state index is 14.6. The van der Waals surface area contributed by atoms with Crippen LogP contribution in [-0.4, -0.2) is 40.0 Å². The summed E-state index contributed by atoms with van der Waals surface area (Å²) in [5.74, 6) is -2.29. The third-order valence-corrected chi connectivity index (χ3v) is 14.7. The minimum absolute atomic E-state index is 0.00800. The van der Waals surface area contributed by atoms with E-state index in [4.69, 9.17) is 4.74 Å². The van der Waals surface area contributed by atoms with Gasteiger partial charge in [0.25, 0.3) is 0 Å². The molecule has 7 nitrogen and oxygen atoms in total. The Morgan fingerprint density at radius 3 is 2.11 bits per heavy atom. The maximum absolute atomic E-state index is 14.6. The molecule has 5 aliphatic carbocycles. The molecule has 7 heteroatoms. The number of allylic oxidation sites excluding steroid dienone is 2. The summed E-state index contributed by atoms with van der Waals surface area (Å²) in [6.07, 6.45) is 8.86. The Morgan fingerprint density at radius 1 is 0.822 bits per heavy atom. The summed E-state index contributed by atoms with van der Waals surface area (Å²) in [5, 5.41) is 19.8. The van der Waals surface area contributed by atoms with Gasteiger partial charge < -0.3 is 14.9 Å². The lowest BCUT2D eigenvalue weighted by Gasteiger charge is -2.70. The zero-order valence-corrected chi connectivity index (χ0v) is 28.0. The van der Waals surface area contributed by atoms with Crippen molar-refractivity contribution < 1.29 is 34.1 Å². The van der Waals surface area contributed by atoms with Gasteiger partial charge in [-0.25, -0.2) is 9.59 Å². The fraction of sp³-hybridized carbons (Fsp3) is 0.684. The van der Waals surface area contributed by atoms with E-state index in [2.05, 4.69) is 41.5 Å². The van der Waals surface area contributed by atoms with Gasteiger partial charge in [0.05, 0.1) is 16.5 Å². The molecule has 0 spiro atoms. The number of rotatable bonds is 4. The van der Waals surface area contributed by atoms with Crippen LogP contribution in [0.2, 0.25) is 0 Å². The Balaban J connectivity index is 1.33. The fourth-order valence-electron chi connectivity index (χ4n) is 11.6. The van der Waals surface area contributed by atoms with Gasteiger partial charge in [-0.1, -0.05) is 59.2 Å². The van der Waals surface area contributed by atoms with Gasteiger partial charge in [-0.2, -0.15) is 0 Å². The van der Waals surface area contributed by atoms with Crippen molar-refractivity contribution in [1.82, 2.24) is 0 Å². The van der Waals surface area contributed by atoms with Gasteiger partial charge in [0.1, 0.15) is 6.10 Å². The molecule has 4 fully saturated rings. The number of carbonyl (C=O) groups excluding carboxylic acids is 2. The third-order valence-electron chi connectivity index (χ3n) is 14.7. The van der Waals surface area contributed by atoms with E-state index in [-0.39, 0.29) is 56.3 Å². The molecule has 0 bridgehead atoms. The Morgan fingerprint density at radius 2 is 1.47 bits per heavy atom. The van der Waals surface area contributed by atoms with Gasteiger partial charge in [0, 0.05) is 11.3 Å². The molecule has 4 saturated carbocycles. The number of hydrogen-bond acceptors (Lipinski definition) is 5. The fourth-order valence-corrected chi connectivity index (χ4v) is 11.6. The second-order valence-corrected chi connectivity index (χ2v) is 17.2. The van der Waals surface area contributed by atoms with Crippen LogP contribution in [-0.2, 0) is 14.3 Å². The van der Waals surface area contributed by atoms with Gasteiger partial charge >= 0.3 is 17.9 Å². The molecule has 0 saturated heterocycles. The molecule has 45 heavy (non-hydrogen) atoms. The van der Waals surface area contributed by atoms with Crippen LogP contribution >= 0.6 is 0 Å². The molecule has 1 aromatic rings. The molecule has 0 amide bonds. The highest BCUT2D eigenvalue weighted by molar-refractivity contribution is 6.02. The summed E-state index contributed by atoms with van der Waals surface area (Å²) in [5.41, 5.74) is -0.770. The van der Waals surface area contributed by atoms with Crippen molar-refractivity contribution in [1.29, 1.82) is 0 Å². The van der Waals surface area contributed by atoms with Crippen molar-refractivity contribution in [2.45, 2.75) is 112 Å². The molecule has 9 atom stereocenters. The third kappa shape index (κ3) is 4.34. The van der Waals surface area contributed by atoms with Crippen LogP contribution < -0.4 is 0 Å². The standard InChI is InChI=1S/C38H50O7/c1-33(2)27-12-15-38(7)29(36(27,5)14-13-28(33)45-31(42)23-11-9-8-10-22(23)30(40)41)26(39)20-24-25-21-35(4,32(43)44)17-16-34(25,3)18-19-37(24,38)6/h8-11,20,25,27-29H,12-19,21H2,1-7H3,(H,40,41)(H,43,44)/t25-,27?,28+,29-,34-,35+,36+,37-,38-/m1/s1. The predicted molar refractivity (Wildman–Crippen MR) is 170 cm³/mol. The highest BCUT2D eigenvalue weighted by Crippen LogP contribution is 2.75. The number of esters is 1. The van der Waals surface area contributed by atoms with E-state index in [1.807, 2.05) is 13.0 Å². The Labute approximate surface area is 267 Å². The highest BCUT2D eigenvalue weighted by Gasteiger charge is 2.70. The molecular weight excluding hydrogens is 568 g/mol. The van der Waals surface area contributed by atoms with Gasteiger partial charge in [-0.3, -0.25) is 9.59 Å². The van der Waals surface area contributed by atoms with Crippen molar-refractivity contribution in [3.05, 3.63) is 47.0 Å². The van der Waals surface area contributed by atoms with Crippen LogP contribution in [0.5, 0.6) is 0 Å². The maximum Gasteiger partial charge on any atom is 0.339 e. The number of carbonyl (C=O) groups is 4. The van der Waals surface area contributed by atoms with Crippen molar-refractivity contribution in [2.75, 3.05) is 0 Å². The van der Waals surface area contributed by atoms with E-state index >= 15 is 0 Å². The molecule has 0 radical (unpaired) electrons. The number of ketones is 1. The number of aromatic carboxylic acids is 1. The van der Waals surface area contributed by atoms with Crippen LogP contribution in [0.1, 0.15) is 127 Å². The Hall–Kier alpha value is -2.96. The minimum Gasteiger partial charge on any atom is -0.481 e. The minimum atomic E-state index is -1.16. The second kappa shape index (κ2) is 10.0. The quantitative estimate of drug-likeness (QED) is 0.329. The number of aliphatic carboxylic acids is 1. The molecule has 1 aromatic carbocycles. The summed E-state index contributed by atoms with van der Waals surface area (Å²) < 4.78 is 6.13. The lowest BCUT2D eigenvalue weighted by Crippen LogP contribution is -2.66. The van der Waals surface area contributed by atoms with Gasteiger partial charge in [-0.15, -0.1) is 0 Å². The van der Waals surface area contributed by atoms with Crippen molar-refractivity contribution in [3.8, 4) is 0 Å². The number of carboxylic acids is 2. The number of fused-ring (bicyclic) bond motifs is 7. The van der Waals surface area contributed by atoms with Crippen molar-refractivity contribution >= 4 is 23.7 Å². The topological polar surface area (TPSA) is 118 Å². The summed E-state index contributed by atoms with van der Waals surface area (Å²) in [7, 11) is 0. The lowest BCUT2D eigenvalue weighted by atomic mass is 9.33. The number of hydrogen-bond donors (Lipinski definition) is 2. The first kappa shape index (κ1) is 32.0. The number of benzene rings is 1. The first-order chi connectivity index (χ1) is 20.8. The van der Waals surface area contributed by atoms with Gasteiger partial charge in [0.15, 0.2) is 5.78 Å². The second-order valence-electron chi connectivity index (χ2n) is 17.2. The first-order valence-electron chi connectivity index (χ1n) is 16.9. The summed E-state index contributed by atoms with van der Waals surface area (Å²) in [4.78, 5) is 52.1. The molecule has 0 heterocycles. The Bertz CT molecular complexity index is 1510. The van der Waals surface area contributed by atoms with Crippen molar-refractivity contribution in [3.63, 3.8) is 0 Å². The molecule has 244 valence electrons. The molecule has 6 rings (SSSR count).